The number of para-hydroxylation sites is 1. The second-order valence-electron chi connectivity index (χ2n) is 4.29. The topological polar surface area (TPSA) is 42.7 Å². The molecule has 0 saturated carbocycles. The van der Waals surface area contributed by atoms with Gasteiger partial charge in [0, 0.05) is 12.1 Å². The molecule has 3 rings (SSSR count). The molecule has 0 bridgehead atoms. The van der Waals surface area contributed by atoms with Crippen LogP contribution in [0.15, 0.2) is 40.8 Å². The molecular formula is C14H12ClNO3. The van der Waals surface area contributed by atoms with E-state index in [-0.39, 0.29) is 16.9 Å². The van der Waals surface area contributed by atoms with Gasteiger partial charge in [0.05, 0.1) is 6.54 Å². The highest BCUT2D eigenvalue weighted by Gasteiger charge is 2.22. The Labute approximate surface area is 115 Å². The molecule has 98 valence electrons. The molecule has 0 unspecified atom stereocenters. The summed E-state index contributed by atoms with van der Waals surface area (Å²) in [6, 6.07) is 10.9. The van der Waals surface area contributed by atoms with E-state index in [4.69, 9.17) is 20.8 Å². The van der Waals surface area contributed by atoms with Crippen LogP contribution in [0.5, 0.6) is 5.75 Å². The van der Waals surface area contributed by atoms with Crippen molar-refractivity contribution in [1.82, 2.24) is 4.90 Å². The van der Waals surface area contributed by atoms with Gasteiger partial charge in [-0.1, -0.05) is 18.2 Å². The Morgan fingerprint density at radius 2 is 2.05 bits per heavy atom. The summed E-state index contributed by atoms with van der Waals surface area (Å²) in [5, 5.41) is 0.217. The summed E-state index contributed by atoms with van der Waals surface area (Å²) in [4.78, 5) is 14.0. The van der Waals surface area contributed by atoms with Crippen LogP contribution < -0.4 is 4.74 Å². The molecule has 0 atom stereocenters. The van der Waals surface area contributed by atoms with E-state index < -0.39 is 0 Å². The molecule has 1 aromatic heterocycles. The molecule has 0 saturated heterocycles. The molecule has 5 heteroatoms. The number of amides is 1. The smallest absolute Gasteiger partial charge is 0.290 e. The van der Waals surface area contributed by atoms with Crippen LogP contribution in [-0.2, 0) is 6.54 Å². The number of carbonyl (C=O) groups excluding carboxylic acids is 1. The lowest BCUT2D eigenvalue weighted by molar-refractivity contribution is 0.0701. The van der Waals surface area contributed by atoms with Crippen molar-refractivity contribution >= 4 is 17.5 Å². The van der Waals surface area contributed by atoms with Gasteiger partial charge in [-0.05, 0) is 29.8 Å². The molecule has 1 aromatic carbocycles. The highest BCUT2D eigenvalue weighted by atomic mass is 35.5. The number of nitrogens with zero attached hydrogens (tertiary/aromatic N) is 1. The van der Waals surface area contributed by atoms with Crippen molar-refractivity contribution in [3.05, 3.63) is 52.9 Å². The minimum Gasteiger partial charge on any atom is -0.491 e. The first-order valence-corrected chi connectivity index (χ1v) is 6.37. The summed E-state index contributed by atoms with van der Waals surface area (Å²) in [7, 11) is 0. The number of hydrogen-bond acceptors (Lipinski definition) is 3. The average molecular weight is 278 g/mol. The third-order valence-corrected chi connectivity index (χ3v) is 3.23. The van der Waals surface area contributed by atoms with Crippen molar-refractivity contribution in [2.45, 2.75) is 6.54 Å². The Balaban J connectivity index is 1.84. The zero-order valence-electron chi connectivity index (χ0n) is 10.1. The van der Waals surface area contributed by atoms with Crippen LogP contribution in [0.25, 0.3) is 0 Å². The summed E-state index contributed by atoms with van der Waals surface area (Å²) < 4.78 is 10.8. The highest BCUT2D eigenvalue weighted by Crippen LogP contribution is 2.24. The lowest BCUT2D eigenvalue weighted by Gasteiger charge is -2.18. The van der Waals surface area contributed by atoms with Crippen LogP contribution in [0, 0.1) is 0 Å². The van der Waals surface area contributed by atoms with Gasteiger partial charge >= 0.3 is 0 Å². The summed E-state index contributed by atoms with van der Waals surface area (Å²) in [6.07, 6.45) is 0. The van der Waals surface area contributed by atoms with Crippen molar-refractivity contribution in [3.63, 3.8) is 0 Å². The van der Waals surface area contributed by atoms with Gasteiger partial charge in [0.15, 0.2) is 11.0 Å². The Hall–Kier alpha value is -1.94. The predicted octanol–water partition coefficient (Wildman–Crippen LogP) is 2.97. The number of halogens is 1. The Bertz CT molecular complexity index is 608. The van der Waals surface area contributed by atoms with Crippen LogP contribution >= 0.6 is 11.6 Å². The third-order valence-electron chi connectivity index (χ3n) is 3.02. The Morgan fingerprint density at radius 1 is 1.21 bits per heavy atom. The van der Waals surface area contributed by atoms with Crippen LogP contribution in [0.2, 0.25) is 5.22 Å². The molecule has 2 aromatic rings. The molecule has 1 amide bonds. The number of benzene rings is 1. The van der Waals surface area contributed by atoms with E-state index in [0.29, 0.717) is 19.7 Å². The zero-order valence-corrected chi connectivity index (χ0v) is 10.9. The molecule has 4 nitrogen and oxygen atoms in total. The highest BCUT2D eigenvalue weighted by molar-refractivity contribution is 6.29. The molecule has 0 radical (unpaired) electrons. The number of hydrogen-bond donors (Lipinski definition) is 0. The minimum atomic E-state index is -0.174. The van der Waals surface area contributed by atoms with Crippen molar-refractivity contribution in [3.8, 4) is 5.75 Å². The number of carbonyl (C=O) groups is 1. The monoisotopic (exact) mass is 277 g/mol. The van der Waals surface area contributed by atoms with Crippen molar-refractivity contribution in [1.29, 1.82) is 0 Å². The van der Waals surface area contributed by atoms with E-state index >= 15 is 0 Å². The van der Waals surface area contributed by atoms with Gasteiger partial charge in [-0.3, -0.25) is 4.79 Å². The first kappa shape index (κ1) is 12.1. The Kier molecular flexibility index (Phi) is 3.17. The normalized spacial score (nSPS) is 14.5. The van der Waals surface area contributed by atoms with Gasteiger partial charge in [-0.15, -0.1) is 0 Å². The maximum absolute atomic E-state index is 12.3. The second kappa shape index (κ2) is 4.97. The first-order valence-electron chi connectivity index (χ1n) is 5.99. The summed E-state index contributed by atoms with van der Waals surface area (Å²) in [6.45, 7) is 1.50. The molecule has 1 aliphatic heterocycles. The molecule has 0 spiro atoms. The maximum Gasteiger partial charge on any atom is 0.290 e. The van der Waals surface area contributed by atoms with Gasteiger partial charge in [-0.2, -0.15) is 0 Å². The summed E-state index contributed by atoms with van der Waals surface area (Å²) >= 11 is 5.69. The number of furan rings is 1. The van der Waals surface area contributed by atoms with Crippen molar-refractivity contribution in [2.24, 2.45) is 0 Å². The van der Waals surface area contributed by atoms with Gasteiger partial charge < -0.3 is 14.1 Å². The lowest BCUT2D eigenvalue weighted by atomic mass is 10.2. The first-order chi connectivity index (χ1) is 9.24. The molecule has 0 fully saturated rings. The molecular weight excluding hydrogens is 266 g/mol. The molecule has 1 aliphatic rings. The second-order valence-corrected chi connectivity index (χ2v) is 4.66. The van der Waals surface area contributed by atoms with Gasteiger partial charge in [0.2, 0.25) is 0 Å². The molecule has 0 N–H and O–H groups in total. The van der Waals surface area contributed by atoms with Gasteiger partial charge in [-0.25, -0.2) is 0 Å². The largest absolute Gasteiger partial charge is 0.491 e. The fourth-order valence-corrected chi connectivity index (χ4v) is 2.23. The summed E-state index contributed by atoms with van der Waals surface area (Å²) in [5.41, 5.74) is 0.992. The van der Waals surface area contributed by atoms with E-state index in [0.717, 1.165) is 11.3 Å². The Morgan fingerprint density at radius 3 is 2.84 bits per heavy atom. The molecule has 2 heterocycles. The standard InChI is InChI=1S/C14H12ClNO3/c15-13-6-5-12(19-13)14(17)16-7-8-18-11-4-2-1-3-10(11)9-16/h1-6H,7-9H2. The van der Waals surface area contributed by atoms with Crippen LogP contribution in [0.3, 0.4) is 0 Å². The summed E-state index contributed by atoms with van der Waals surface area (Å²) in [5.74, 6) is 0.909. The zero-order chi connectivity index (χ0) is 13.2. The lowest BCUT2D eigenvalue weighted by Crippen LogP contribution is -2.32. The predicted molar refractivity (Wildman–Crippen MR) is 70.4 cm³/mol. The molecule has 0 aliphatic carbocycles. The SMILES string of the molecule is O=C(c1ccc(Cl)o1)N1CCOc2ccccc2C1. The van der Waals surface area contributed by atoms with E-state index in [1.807, 2.05) is 24.3 Å². The maximum atomic E-state index is 12.3. The fraction of sp³-hybridized carbons (Fsp3) is 0.214. The van der Waals surface area contributed by atoms with Crippen LogP contribution in [0.4, 0.5) is 0 Å². The quantitative estimate of drug-likeness (QED) is 0.805. The number of rotatable bonds is 1. The van der Waals surface area contributed by atoms with Crippen LogP contribution in [0.1, 0.15) is 16.1 Å². The van der Waals surface area contributed by atoms with E-state index in [1.54, 1.807) is 17.0 Å². The van der Waals surface area contributed by atoms with Gasteiger partial charge in [0.1, 0.15) is 12.4 Å². The fourth-order valence-electron chi connectivity index (χ4n) is 2.08. The van der Waals surface area contributed by atoms with Crippen molar-refractivity contribution in [2.75, 3.05) is 13.2 Å². The third kappa shape index (κ3) is 2.44. The van der Waals surface area contributed by atoms with E-state index in [1.165, 1.54) is 0 Å². The number of fused-ring (bicyclic) bond motifs is 1. The van der Waals surface area contributed by atoms with Gasteiger partial charge in [0.25, 0.3) is 5.91 Å². The number of ether oxygens (including phenoxy) is 1. The van der Waals surface area contributed by atoms with E-state index in [9.17, 15) is 4.79 Å². The van der Waals surface area contributed by atoms with Crippen molar-refractivity contribution < 1.29 is 13.9 Å². The van der Waals surface area contributed by atoms with E-state index in [2.05, 4.69) is 0 Å². The molecule has 19 heavy (non-hydrogen) atoms. The van der Waals surface area contributed by atoms with Crippen LogP contribution in [-0.4, -0.2) is 24.0 Å². The minimum absolute atomic E-state index is 0.174. The average Bonchev–Trinajstić information content (AvgIpc) is 2.74.